The van der Waals surface area contributed by atoms with Gasteiger partial charge in [0.1, 0.15) is 41.5 Å². The zero-order valence-electron chi connectivity index (χ0n) is 20.2. The van der Waals surface area contributed by atoms with Gasteiger partial charge in [0, 0.05) is 5.56 Å². The molecule has 6 atom stereocenters. The maximum Gasteiger partial charge on any atom is 0.229 e. The molecule has 0 spiro atoms. The number of fused-ring (bicyclic) bond motifs is 1. The number of hydrogen-bond donors (Lipinski definition) is 4. The summed E-state index contributed by atoms with van der Waals surface area (Å²) in [5, 5.41) is 40.0. The summed E-state index contributed by atoms with van der Waals surface area (Å²) >= 11 is 0. The van der Waals surface area contributed by atoms with Crippen molar-refractivity contribution in [3.63, 3.8) is 0 Å². The third-order valence-corrected chi connectivity index (χ3v) is 7.13. The summed E-state index contributed by atoms with van der Waals surface area (Å²) in [5.74, 6) is 2.18. The Hall–Kier alpha value is -1.38. The Morgan fingerprint density at radius 1 is 1.03 bits per heavy atom. The van der Waals surface area contributed by atoms with E-state index in [4.69, 9.17) is 14.2 Å². The number of aliphatic hydroxyl groups excluding tert-OH is 4. The Morgan fingerprint density at radius 2 is 1.72 bits per heavy atom. The Balaban J connectivity index is 1.85. The molecule has 0 unspecified atom stereocenters. The Kier molecular flexibility index (Phi) is 7.77. The standard InChI is InChI=1S/C25H40O7/c1-13(2)8-7-10-25(6)11-9-17-16(5)22(14(3)15(4)23(17)32-25)31-24-21(29)20(28)19(27)18(12-26)30-24/h13,18-21,24,26-29H,7-12H2,1-6H3/t18-,19-,20+,21-,24+,25-/m1/s1. The molecule has 7 nitrogen and oxygen atoms in total. The molecule has 4 N–H and O–H groups in total. The van der Waals surface area contributed by atoms with E-state index in [0.717, 1.165) is 53.7 Å². The summed E-state index contributed by atoms with van der Waals surface area (Å²) in [6.45, 7) is 12.1. The van der Waals surface area contributed by atoms with Crippen molar-refractivity contribution in [1.82, 2.24) is 0 Å². The van der Waals surface area contributed by atoms with E-state index in [1.165, 1.54) is 6.42 Å². The smallest absolute Gasteiger partial charge is 0.229 e. The normalized spacial score (nSPS) is 32.5. The van der Waals surface area contributed by atoms with E-state index in [0.29, 0.717) is 11.7 Å². The van der Waals surface area contributed by atoms with Crippen molar-refractivity contribution in [3.8, 4) is 11.5 Å². The topological polar surface area (TPSA) is 109 Å². The van der Waals surface area contributed by atoms with Gasteiger partial charge in [0.2, 0.25) is 6.29 Å². The van der Waals surface area contributed by atoms with Gasteiger partial charge in [-0.3, -0.25) is 0 Å². The molecule has 1 saturated heterocycles. The molecule has 7 heteroatoms. The van der Waals surface area contributed by atoms with E-state index < -0.39 is 37.3 Å². The average Bonchev–Trinajstić information content (AvgIpc) is 2.74. The molecule has 0 saturated carbocycles. The first kappa shape index (κ1) is 25.2. The SMILES string of the molecule is Cc1c(C)c2c(c(C)c1O[C@@H]1O[C@H](CO)[C@@H](O)[C@H](O)[C@H]1O)CC[C@@](C)(CCCC(C)C)O2. The molecule has 0 bridgehead atoms. The van der Waals surface area contributed by atoms with Gasteiger partial charge in [-0.25, -0.2) is 0 Å². The van der Waals surface area contributed by atoms with Crippen molar-refractivity contribution in [3.05, 3.63) is 22.3 Å². The molecule has 3 rings (SSSR count). The fraction of sp³-hybridized carbons (Fsp3) is 0.760. The molecule has 1 aromatic carbocycles. The predicted octanol–water partition coefficient (Wildman–Crippen LogP) is 2.70. The molecule has 0 aromatic heterocycles. The second kappa shape index (κ2) is 9.85. The number of ether oxygens (including phenoxy) is 3. The summed E-state index contributed by atoms with van der Waals surface area (Å²) in [6, 6.07) is 0. The summed E-state index contributed by atoms with van der Waals surface area (Å²) in [6.07, 6.45) is -1.41. The second-order valence-corrected chi connectivity index (χ2v) is 10.2. The molecule has 0 amide bonds. The van der Waals surface area contributed by atoms with Crippen molar-refractivity contribution in [1.29, 1.82) is 0 Å². The van der Waals surface area contributed by atoms with Gasteiger partial charge in [-0.05, 0) is 76.0 Å². The first-order valence-corrected chi connectivity index (χ1v) is 11.8. The molecule has 2 aliphatic rings. The van der Waals surface area contributed by atoms with Crippen molar-refractivity contribution < 1.29 is 34.6 Å². The highest BCUT2D eigenvalue weighted by Crippen LogP contribution is 2.45. The predicted molar refractivity (Wildman–Crippen MR) is 121 cm³/mol. The van der Waals surface area contributed by atoms with Crippen LogP contribution in [-0.2, 0) is 11.2 Å². The van der Waals surface area contributed by atoms with Crippen molar-refractivity contribution in [2.24, 2.45) is 5.92 Å². The molecule has 32 heavy (non-hydrogen) atoms. The fourth-order valence-electron chi connectivity index (χ4n) is 4.80. The highest BCUT2D eigenvalue weighted by molar-refractivity contribution is 5.59. The van der Waals surface area contributed by atoms with Gasteiger partial charge in [-0.15, -0.1) is 0 Å². The first-order valence-electron chi connectivity index (χ1n) is 11.8. The molecule has 182 valence electrons. The lowest BCUT2D eigenvalue weighted by atomic mass is 9.84. The van der Waals surface area contributed by atoms with Crippen LogP contribution in [-0.4, -0.2) is 63.3 Å². The van der Waals surface area contributed by atoms with Crippen LogP contribution in [0.25, 0.3) is 0 Å². The van der Waals surface area contributed by atoms with E-state index in [-0.39, 0.29) is 5.60 Å². The molecule has 0 aliphatic carbocycles. The quantitative estimate of drug-likeness (QED) is 0.504. The van der Waals surface area contributed by atoms with Crippen LogP contribution in [0.2, 0.25) is 0 Å². The minimum Gasteiger partial charge on any atom is -0.487 e. The van der Waals surface area contributed by atoms with Gasteiger partial charge in [0.05, 0.1) is 6.61 Å². The van der Waals surface area contributed by atoms with Crippen LogP contribution in [0.4, 0.5) is 0 Å². The minimum atomic E-state index is -1.47. The van der Waals surface area contributed by atoms with Gasteiger partial charge in [0.25, 0.3) is 0 Å². The molecule has 2 heterocycles. The monoisotopic (exact) mass is 452 g/mol. The zero-order chi connectivity index (χ0) is 23.8. The van der Waals surface area contributed by atoms with Crippen LogP contribution in [0.3, 0.4) is 0 Å². The van der Waals surface area contributed by atoms with Crippen LogP contribution >= 0.6 is 0 Å². The fourth-order valence-corrected chi connectivity index (χ4v) is 4.80. The van der Waals surface area contributed by atoms with Crippen LogP contribution in [0.1, 0.15) is 68.7 Å². The van der Waals surface area contributed by atoms with E-state index in [1.807, 2.05) is 20.8 Å². The lowest BCUT2D eigenvalue weighted by molar-refractivity contribution is -0.277. The number of aliphatic hydroxyl groups is 4. The molecular weight excluding hydrogens is 412 g/mol. The van der Waals surface area contributed by atoms with Crippen LogP contribution in [0, 0.1) is 26.7 Å². The zero-order valence-corrected chi connectivity index (χ0v) is 20.2. The third-order valence-electron chi connectivity index (χ3n) is 7.13. The molecule has 1 aromatic rings. The Labute approximate surface area is 191 Å². The lowest BCUT2D eigenvalue weighted by Gasteiger charge is -2.41. The van der Waals surface area contributed by atoms with E-state index >= 15 is 0 Å². The summed E-state index contributed by atoms with van der Waals surface area (Å²) < 4.78 is 18.2. The molecule has 1 fully saturated rings. The number of benzene rings is 1. The van der Waals surface area contributed by atoms with Crippen molar-refractivity contribution in [2.75, 3.05) is 6.61 Å². The largest absolute Gasteiger partial charge is 0.487 e. The average molecular weight is 453 g/mol. The summed E-state index contributed by atoms with van der Waals surface area (Å²) in [4.78, 5) is 0. The maximum atomic E-state index is 10.4. The van der Waals surface area contributed by atoms with Crippen molar-refractivity contribution in [2.45, 2.75) is 110 Å². The maximum absolute atomic E-state index is 10.4. The van der Waals surface area contributed by atoms with Gasteiger partial charge < -0.3 is 34.6 Å². The molecule has 0 radical (unpaired) electrons. The first-order chi connectivity index (χ1) is 15.0. The molecule has 2 aliphatic heterocycles. The number of hydrogen-bond acceptors (Lipinski definition) is 7. The Bertz CT molecular complexity index is 806. The van der Waals surface area contributed by atoms with E-state index in [2.05, 4.69) is 20.8 Å². The summed E-state index contributed by atoms with van der Waals surface area (Å²) in [7, 11) is 0. The van der Waals surface area contributed by atoms with E-state index in [9.17, 15) is 20.4 Å². The van der Waals surface area contributed by atoms with Crippen LogP contribution in [0.15, 0.2) is 0 Å². The second-order valence-electron chi connectivity index (χ2n) is 10.2. The van der Waals surface area contributed by atoms with Gasteiger partial charge >= 0.3 is 0 Å². The highest BCUT2D eigenvalue weighted by atomic mass is 16.7. The minimum absolute atomic E-state index is 0.189. The van der Waals surface area contributed by atoms with Gasteiger partial charge in [0.15, 0.2) is 0 Å². The van der Waals surface area contributed by atoms with Crippen molar-refractivity contribution >= 4 is 0 Å². The van der Waals surface area contributed by atoms with Crippen LogP contribution in [0.5, 0.6) is 11.5 Å². The number of rotatable bonds is 7. The van der Waals surface area contributed by atoms with Gasteiger partial charge in [-0.1, -0.05) is 20.3 Å². The molecular formula is C25H40O7. The van der Waals surface area contributed by atoms with Gasteiger partial charge in [-0.2, -0.15) is 0 Å². The summed E-state index contributed by atoms with van der Waals surface area (Å²) in [5.41, 5.74) is 3.69. The van der Waals surface area contributed by atoms with Crippen LogP contribution < -0.4 is 9.47 Å². The third kappa shape index (κ3) is 4.92. The lowest BCUT2D eigenvalue weighted by Crippen LogP contribution is -2.60. The van der Waals surface area contributed by atoms with E-state index in [1.54, 1.807) is 0 Å². The Morgan fingerprint density at radius 3 is 2.34 bits per heavy atom. The highest BCUT2D eigenvalue weighted by Gasteiger charge is 2.45.